The average molecular weight is 432 g/mol. The van der Waals surface area contributed by atoms with Gasteiger partial charge in [-0.2, -0.15) is 0 Å². The summed E-state index contributed by atoms with van der Waals surface area (Å²) in [4.78, 5) is 22.0. The predicted octanol–water partition coefficient (Wildman–Crippen LogP) is 6.78. The van der Waals surface area contributed by atoms with Gasteiger partial charge in [0.15, 0.2) is 0 Å². The van der Waals surface area contributed by atoms with Gasteiger partial charge in [0, 0.05) is 23.5 Å². The molecule has 163 valence electrons. The minimum absolute atomic E-state index is 0. The molecule has 1 radical (unpaired) electrons. The maximum atomic E-state index is 11.4. The van der Waals surface area contributed by atoms with Gasteiger partial charge in [-0.3, -0.25) is 4.79 Å². The number of carbonyl (C=O) groups excluding carboxylic acids is 1. The first-order valence-corrected chi connectivity index (χ1v) is 10.7. The van der Waals surface area contributed by atoms with Gasteiger partial charge in [0.2, 0.25) is 0 Å². The van der Waals surface area contributed by atoms with Gasteiger partial charge in [0.1, 0.15) is 6.26 Å². The molecule has 0 aliphatic carbocycles. The Morgan fingerprint density at radius 2 is 1.11 bits per heavy atom. The number of esters is 1. The van der Waals surface area contributed by atoms with Gasteiger partial charge >= 0.3 is 11.9 Å². The second-order valence-electron chi connectivity index (χ2n) is 7.30. The van der Waals surface area contributed by atoms with Gasteiger partial charge in [-0.15, -0.1) is 0 Å². The first-order valence-electron chi connectivity index (χ1n) is 10.7. The fraction of sp³-hybridized carbons (Fsp3) is 0.818. The first kappa shape index (κ1) is 28.4. The molecule has 0 fully saturated rings. The molecule has 0 atom stereocenters. The summed E-state index contributed by atoms with van der Waals surface area (Å²) in [6, 6.07) is 0. The second-order valence-corrected chi connectivity index (χ2v) is 7.30. The Balaban J connectivity index is 0. The van der Waals surface area contributed by atoms with Gasteiger partial charge in [-0.25, -0.2) is 4.79 Å². The van der Waals surface area contributed by atoms with Crippen LogP contribution >= 0.6 is 0 Å². The number of carboxylic acid groups (broad SMARTS) is 1. The molecule has 0 aromatic rings. The van der Waals surface area contributed by atoms with Crippen molar-refractivity contribution < 1.29 is 36.5 Å². The zero-order valence-corrected chi connectivity index (χ0v) is 18.3. The number of carboxylic acids is 1. The zero-order valence-electron chi connectivity index (χ0n) is 17.4. The molecular formula is C22H40CuO4. The van der Waals surface area contributed by atoms with Crippen LogP contribution in [0.15, 0.2) is 11.8 Å². The van der Waals surface area contributed by atoms with Gasteiger partial charge in [-0.05, 0) is 13.3 Å². The number of carbonyl (C=O) groups is 2. The van der Waals surface area contributed by atoms with Gasteiger partial charge in [-0.1, -0.05) is 96.8 Å². The maximum absolute atomic E-state index is 11.4. The molecule has 0 saturated carbocycles. The van der Waals surface area contributed by atoms with Crippen LogP contribution in [0.25, 0.3) is 0 Å². The van der Waals surface area contributed by atoms with Crippen LogP contribution in [0.5, 0.6) is 0 Å². The molecule has 0 aliphatic heterocycles. The van der Waals surface area contributed by atoms with Crippen LogP contribution in [0.4, 0.5) is 0 Å². The van der Waals surface area contributed by atoms with Crippen molar-refractivity contribution >= 4 is 11.9 Å². The predicted molar refractivity (Wildman–Crippen MR) is 107 cm³/mol. The van der Waals surface area contributed by atoms with Crippen LogP contribution in [-0.2, 0) is 31.4 Å². The van der Waals surface area contributed by atoms with Crippen molar-refractivity contribution in [3.63, 3.8) is 0 Å². The molecule has 0 heterocycles. The Labute approximate surface area is 177 Å². The minimum Gasteiger partial charge on any atom is -0.478 e. The van der Waals surface area contributed by atoms with Crippen molar-refractivity contribution in [1.29, 1.82) is 0 Å². The van der Waals surface area contributed by atoms with E-state index in [0.717, 1.165) is 25.5 Å². The second kappa shape index (κ2) is 21.5. The molecule has 0 spiro atoms. The summed E-state index contributed by atoms with van der Waals surface area (Å²) in [5.74, 6) is -1.41. The summed E-state index contributed by atoms with van der Waals surface area (Å²) in [5, 5.41) is 8.65. The first-order chi connectivity index (χ1) is 12.6. The smallest absolute Gasteiger partial charge is 0.334 e. The third kappa shape index (κ3) is 21.4. The van der Waals surface area contributed by atoms with E-state index >= 15 is 0 Å². The van der Waals surface area contributed by atoms with Crippen molar-refractivity contribution in [3.05, 3.63) is 11.8 Å². The fourth-order valence-electron chi connectivity index (χ4n) is 2.90. The number of ether oxygens (including phenoxy) is 1. The van der Waals surface area contributed by atoms with Crippen molar-refractivity contribution in [2.45, 2.75) is 117 Å². The molecule has 1 N–H and O–H groups in total. The van der Waals surface area contributed by atoms with Gasteiger partial charge < -0.3 is 9.84 Å². The third-order valence-corrected chi connectivity index (χ3v) is 4.69. The number of aliphatic carboxylic acids is 1. The van der Waals surface area contributed by atoms with Crippen molar-refractivity contribution in [1.82, 2.24) is 0 Å². The van der Waals surface area contributed by atoms with Crippen LogP contribution < -0.4 is 0 Å². The molecule has 27 heavy (non-hydrogen) atoms. The maximum Gasteiger partial charge on any atom is 0.334 e. The van der Waals surface area contributed by atoms with E-state index in [1.54, 1.807) is 0 Å². The van der Waals surface area contributed by atoms with E-state index in [4.69, 9.17) is 9.84 Å². The Hall–Kier alpha value is -0.801. The van der Waals surface area contributed by atoms with Crippen molar-refractivity contribution in [2.24, 2.45) is 0 Å². The van der Waals surface area contributed by atoms with Gasteiger partial charge in [0.05, 0.1) is 5.57 Å². The van der Waals surface area contributed by atoms with E-state index in [9.17, 15) is 9.59 Å². The molecule has 0 aliphatic rings. The summed E-state index contributed by atoms with van der Waals surface area (Å²) in [6.07, 6.45) is 20.7. The van der Waals surface area contributed by atoms with Crippen LogP contribution in [0.3, 0.4) is 0 Å². The summed E-state index contributed by atoms with van der Waals surface area (Å²) in [5.41, 5.74) is 0.0369. The van der Waals surface area contributed by atoms with E-state index in [2.05, 4.69) is 6.92 Å². The van der Waals surface area contributed by atoms with E-state index < -0.39 is 5.97 Å². The van der Waals surface area contributed by atoms with Gasteiger partial charge in [0.25, 0.3) is 0 Å². The molecular weight excluding hydrogens is 392 g/mol. The van der Waals surface area contributed by atoms with Crippen LogP contribution in [0, 0.1) is 0 Å². The van der Waals surface area contributed by atoms with Crippen molar-refractivity contribution in [2.75, 3.05) is 0 Å². The molecule has 0 aromatic heterocycles. The topological polar surface area (TPSA) is 63.6 Å². The molecule has 0 rings (SSSR count). The Morgan fingerprint density at radius 1 is 0.741 bits per heavy atom. The number of unbranched alkanes of at least 4 members (excludes halogenated alkanes) is 14. The number of hydrogen-bond acceptors (Lipinski definition) is 3. The average Bonchev–Trinajstić information content (AvgIpc) is 2.62. The van der Waals surface area contributed by atoms with E-state index in [1.165, 1.54) is 84.0 Å². The standard InChI is InChI=1S/C22H40O4.Cu/c1-3-4-5-6-7-8-9-10-11-12-13-14-15-16-17-18-21(23)26-19-20(2)22(24)25;/h19H,3-18H2,1-2H3,(H,24,25);. The number of hydrogen-bond donors (Lipinski definition) is 1. The van der Waals surface area contributed by atoms with Crippen LogP contribution in [-0.4, -0.2) is 17.0 Å². The monoisotopic (exact) mass is 431 g/mol. The molecule has 0 amide bonds. The molecule has 0 bridgehead atoms. The minimum atomic E-state index is -1.07. The summed E-state index contributed by atoms with van der Waals surface area (Å²) >= 11 is 0. The van der Waals surface area contributed by atoms with Crippen LogP contribution in [0.1, 0.15) is 117 Å². The Bertz CT molecular complexity index is 394. The van der Waals surface area contributed by atoms with Crippen molar-refractivity contribution in [3.8, 4) is 0 Å². The largest absolute Gasteiger partial charge is 0.478 e. The Kier molecular flexibility index (Phi) is 22.6. The third-order valence-electron chi connectivity index (χ3n) is 4.69. The molecule has 4 nitrogen and oxygen atoms in total. The van der Waals surface area contributed by atoms with E-state index in [0.29, 0.717) is 6.42 Å². The van der Waals surface area contributed by atoms with E-state index in [1.807, 2.05) is 0 Å². The SMILES string of the molecule is CCCCCCCCCCCCCCCCCC(=O)OC=C(C)C(=O)O.[Cu]. The summed E-state index contributed by atoms with van der Waals surface area (Å²) in [6.45, 7) is 3.67. The Morgan fingerprint density at radius 3 is 1.48 bits per heavy atom. The summed E-state index contributed by atoms with van der Waals surface area (Å²) < 4.78 is 4.80. The zero-order chi connectivity index (χ0) is 19.5. The fourth-order valence-corrected chi connectivity index (χ4v) is 2.90. The molecule has 0 saturated heterocycles. The molecule has 0 aromatic carbocycles. The normalized spacial score (nSPS) is 11.1. The molecule has 5 heteroatoms. The summed E-state index contributed by atoms with van der Waals surface area (Å²) in [7, 11) is 0. The van der Waals surface area contributed by atoms with E-state index in [-0.39, 0.29) is 28.6 Å². The quantitative estimate of drug-likeness (QED) is 0.0853. The number of rotatable bonds is 18. The van der Waals surface area contributed by atoms with Crippen LogP contribution in [0.2, 0.25) is 0 Å². The molecule has 0 unspecified atom stereocenters.